The largest absolute Gasteiger partial charge is 0.367 e. The van der Waals surface area contributed by atoms with Crippen molar-refractivity contribution < 1.29 is 0 Å². The van der Waals surface area contributed by atoms with E-state index in [1.807, 2.05) is 24.3 Å². The molecule has 1 aromatic heterocycles. The summed E-state index contributed by atoms with van der Waals surface area (Å²) in [4.78, 5) is 0. The van der Waals surface area contributed by atoms with Crippen LogP contribution in [0.5, 0.6) is 0 Å². The topological polar surface area (TPSA) is 37.8 Å². The van der Waals surface area contributed by atoms with Crippen molar-refractivity contribution in [2.45, 2.75) is 19.2 Å². The molecular formula is C13H16ClN3. The summed E-state index contributed by atoms with van der Waals surface area (Å²) in [6, 6.07) is 8.04. The van der Waals surface area contributed by atoms with Crippen LogP contribution in [0.15, 0.2) is 30.5 Å². The number of benzene rings is 1. The van der Waals surface area contributed by atoms with Gasteiger partial charge in [-0.15, -0.1) is 16.7 Å². The molecule has 2 aromatic rings. The number of fused-ring (bicyclic) bond motifs is 1. The van der Waals surface area contributed by atoms with Gasteiger partial charge in [-0.05, 0) is 5.92 Å². The number of alkyl halides is 1. The van der Waals surface area contributed by atoms with Crippen molar-refractivity contribution >= 4 is 28.2 Å². The SMILES string of the molecule is CC(C)C(Cl)CNc1nncc2ccccc12. The lowest BCUT2D eigenvalue weighted by Gasteiger charge is -2.14. The minimum Gasteiger partial charge on any atom is -0.367 e. The number of hydrogen-bond acceptors (Lipinski definition) is 3. The van der Waals surface area contributed by atoms with Crippen LogP contribution in [0.2, 0.25) is 0 Å². The highest BCUT2D eigenvalue weighted by molar-refractivity contribution is 6.21. The van der Waals surface area contributed by atoms with E-state index in [1.165, 1.54) is 0 Å². The Bertz CT molecular complexity index is 493. The minimum atomic E-state index is 0.0933. The van der Waals surface area contributed by atoms with Crippen LogP contribution >= 0.6 is 11.6 Å². The molecule has 3 nitrogen and oxygen atoms in total. The smallest absolute Gasteiger partial charge is 0.156 e. The number of halogens is 1. The van der Waals surface area contributed by atoms with Crippen molar-refractivity contribution in [2.24, 2.45) is 5.92 Å². The zero-order valence-corrected chi connectivity index (χ0v) is 10.8. The molecule has 0 fully saturated rings. The Morgan fingerprint density at radius 2 is 2.06 bits per heavy atom. The summed E-state index contributed by atoms with van der Waals surface area (Å²) in [7, 11) is 0. The number of anilines is 1. The number of hydrogen-bond donors (Lipinski definition) is 1. The van der Waals surface area contributed by atoms with E-state index in [2.05, 4.69) is 29.4 Å². The predicted octanol–water partition coefficient (Wildman–Crippen LogP) is 3.31. The van der Waals surface area contributed by atoms with E-state index in [4.69, 9.17) is 11.6 Å². The first kappa shape index (κ1) is 12.1. The molecule has 90 valence electrons. The molecule has 0 bridgehead atoms. The molecule has 0 saturated carbocycles. The maximum atomic E-state index is 6.21. The van der Waals surface area contributed by atoms with Gasteiger partial charge in [-0.3, -0.25) is 0 Å². The van der Waals surface area contributed by atoms with Crippen molar-refractivity contribution in [2.75, 3.05) is 11.9 Å². The highest BCUT2D eigenvalue weighted by Gasteiger charge is 2.10. The molecule has 0 amide bonds. The molecule has 17 heavy (non-hydrogen) atoms. The Labute approximate surface area is 106 Å². The molecule has 0 aliphatic rings. The van der Waals surface area contributed by atoms with Gasteiger partial charge in [0, 0.05) is 17.3 Å². The van der Waals surface area contributed by atoms with Gasteiger partial charge in [0.05, 0.1) is 11.6 Å². The van der Waals surface area contributed by atoms with Crippen LogP contribution in [-0.2, 0) is 0 Å². The van der Waals surface area contributed by atoms with E-state index in [0.717, 1.165) is 16.6 Å². The Hall–Kier alpha value is -1.35. The Morgan fingerprint density at radius 1 is 1.29 bits per heavy atom. The summed E-state index contributed by atoms with van der Waals surface area (Å²) >= 11 is 6.21. The second-order valence-corrected chi connectivity index (χ2v) is 4.98. The van der Waals surface area contributed by atoms with Crippen molar-refractivity contribution in [1.29, 1.82) is 0 Å². The van der Waals surface area contributed by atoms with Gasteiger partial charge >= 0.3 is 0 Å². The van der Waals surface area contributed by atoms with E-state index in [-0.39, 0.29) is 5.38 Å². The number of aromatic nitrogens is 2. The lowest BCUT2D eigenvalue weighted by Crippen LogP contribution is -2.20. The normalized spacial score (nSPS) is 12.9. The van der Waals surface area contributed by atoms with Crippen LogP contribution in [0, 0.1) is 5.92 Å². The first-order valence-corrected chi connectivity index (χ1v) is 6.20. The zero-order valence-electron chi connectivity index (χ0n) is 10.0. The van der Waals surface area contributed by atoms with Crippen molar-refractivity contribution in [1.82, 2.24) is 10.2 Å². The van der Waals surface area contributed by atoms with Gasteiger partial charge < -0.3 is 5.32 Å². The molecular weight excluding hydrogens is 234 g/mol. The second-order valence-electron chi connectivity index (χ2n) is 4.42. The molecule has 0 spiro atoms. The first-order valence-electron chi connectivity index (χ1n) is 5.77. The maximum absolute atomic E-state index is 6.21. The van der Waals surface area contributed by atoms with E-state index in [0.29, 0.717) is 12.5 Å². The van der Waals surface area contributed by atoms with Gasteiger partial charge in [0.2, 0.25) is 0 Å². The quantitative estimate of drug-likeness (QED) is 0.845. The van der Waals surface area contributed by atoms with Crippen LogP contribution in [0.4, 0.5) is 5.82 Å². The van der Waals surface area contributed by atoms with Crippen molar-refractivity contribution in [3.63, 3.8) is 0 Å². The van der Waals surface area contributed by atoms with Gasteiger partial charge in [0.1, 0.15) is 0 Å². The lowest BCUT2D eigenvalue weighted by atomic mass is 10.1. The van der Waals surface area contributed by atoms with Crippen LogP contribution < -0.4 is 5.32 Å². The number of nitrogens with one attached hydrogen (secondary N) is 1. The average molecular weight is 250 g/mol. The third kappa shape index (κ3) is 2.86. The van der Waals surface area contributed by atoms with Gasteiger partial charge in [0.15, 0.2) is 5.82 Å². The molecule has 1 unspecified atom stereocenters. The first-order chi connectivity index (χ1) is 8.18. The summed E-state index contributed by atoms with van der Waals surface area (Å²) in [6.07, 6.45) is 1.77. The van der Waals surface area contributed by atoms with Crippen molar-refractivity contribution in [3.05, 3.63) is 30.5 Å². The van der Waals surface area contributed by atoms with Gasteiger partial charge in [-0.25, -0.2) is 0 Å². The lowest BCUT2D eigenvalue weighted by molar-refractivity contribution is 0.615. The summed E-state index contributed by atoms with van der Waals surface area (Å²) < 4.78 is 0. The maximum Gasteiger partial charge on any atom is 0.156 e. The van der Waals surface area contributed by atoms with Crippen LogP contribution in [-0.4, -0.2) is 22.1 Å². The van der Waals surface area contributed by atoms with E-state index < -0.39 is 0 Å². The summed E-state index contributed by atoms with van der Waals surface area (Å²) in [5.74, 6) is 1.24. The fraction of sp³-hybridized carbons (Fsp3) is 0.385. The van der Waals surface area contributed by atoms with Crippen molar-refractivity contribution in [3.8, 4) is 0 Å². The van der Waals surface area contributed by atoms with Crippen LogP contribution in [0.3, 0.4) is 0 Å². The molecule has 1 heterocycles. The minimum absolute atomic E-state index is 0.0933. The molecule has 1 atom stereocenters. The van der Waals surface area contributed by atoms with E-state index in [1.54, 1.807) is 6.20 Å². The fourth-order valence-electron chi connectivity index (χ4n) is 1.59. The summed E-state index contributed by atoms with van der Waals surface area (Å²) in [5, 5.41) is 13.6. The molecule has 0 aliphatic carbocycles. The molecule has 1 N–H and O–H groups in total. The predicted molar refractivity (Wildman–Crippen MR) is 72.5 cm³/mol. The van der Waals surface area contributed by atoms with Crippen LogP contribution in [0.1, 0.15) is 13.8 Å². The third-order valence-electron chi connectivity index (χ3n) is 2.76. The molecule has 1 aromatic carbocycles. The highest BCUT2D eigenvalue weighted by atomic mass is 35.5. The Morgan fingerprint density at radius 3 is 2.82 bits per heavy atom. The molecule has 0 radical (unpaired) electrons. The van der Waals surface area contributed by atoms with E-state index >= 15 is 0 Å². The van der Waals surface area contributed by atoms with Gasteiger partial charge in [-0.2, -0.15) is 5.10 Å². The molecule has 0 aliphatic heterocycles. The zero-order chi connectivity index (χ0) is 12.3. The van der Waals surface area contributed by atoms with Crippen LogP contribution in [0.25, 0.3) is 10.8 Å². The number of nitrogens with zero attached hydrogens (tertiary/aromatic N) is 2. The highest BCUT2D eigenvalue weighted by Crippen LogP contribution is 2.20. The fourth-order valence-corrected chi connectivity index (χ4v) is 1.67. The second kappa shape index (κ2) is 5.32. The number of rotatable bonds is 4. The molecule has 0 saturated heterocycles. The standard InChI is InChI=1S/C13H16ClN3/c1-9(2)12(14)8-15-13-11-6-4-3-5-10(11)7-16-17-13/h3-7,9,12H,8H2,1-2H3,(H,15,17). The molecule has 4 heteroatoms. The Balaban J connectivity index is 2.19. The third-order valence-corrected chi connectivity index (χ3v) is 3.42. The average Bonchev–Trinajstić information content (AvgIpc) is 2.35. The van der Waals surface area contributed by atoms with Gasteiger partial charge in [0.25, 0.3) is 0 Å². The monoisotopic (exact) mass is 249 g/mol. The molecule has 2 rings (SSSR count). The van der Waals surface area contributed by atoms with Gasteiger partial charge in [-0.1, -0.05) is 38.1 Å². The Kier molecular flexibility index (Phi) is 3.79. The summed E-state index contributed by atoms with van der Waals surface area (Å²) in [5.41, 5.74) is 0. The van der Waals surface area contributed by atoms with E-state index in [9.17, 15) is 0 Å². The summed E-state index contributed by atoms with van der Waals surface area (Å²) in [6.45, 7) is 4.91.